The Labute approximate surface area is 124 Å². The normalized spacial score (nSPS) is 10.8. The molecule has 0 aliphatic rings. The Morgan fingerprint density at radius 1 is 1.42 bits per heavy atom. The van der Waals surface area contributed by atoms with Gasteiger partial charge in [0.15, 0.2) is 5.82 Å². The fourth-order valence-electron chi connectivity index (χ4n) is 1.52. The molecule has 1 heterocycles. The molecular formula is C13H13BrClN3O. The monoisotopic (exact) mass is 341 g/mol. The van der Waals surface area contributed by atoms with Crippen molar-refractivity contribution in [3.63, 3.8) is 0 Å². The maximum Gasteiger partial charge on any atom is 0.256 e. The number of nitrogens with zero attached hydrogens (tertiary/aromatic N) is 2. The molecule has 0 bridgehead atoms. The number of amides is 1. The molecule has 0 fully saturated rings. The van der Waals surface area contributed by atoms with Gasteiger partial charge in [0.1, 0.15) is 0 Å². The van der Waals surface area contributed by atoms with Crippen molar-refractivity contribution < 1.29 is 4.79 Å². The van der Waals surface area contributed by atoms with Gasteiger partial charge in [0.2, 0.25) is 0 Å². The van der Waals surface area contributed by atoms with Gasteiger partial charge in [-0.3, -0.25) is 9.48 Å². The first-order valence-electron chi connectivity index (χ1n) is 5.79. The second-order valence-corrected chi connectivity index (χ2v) is 5.62. The Bertz CT molecular complexity index is 610. The minimum absolute atomic E-state index is 0.216. The van der Waals surface area contributed by atoms with Gasteiger partial charge in [-0.15, -0.1) is 0 Å². The average molecular weight is 343 g/mol. The molecule has 2 rings (SSSR count). The van der Waals surface area contributed by atoms with Crippen molar-refractivity contribution >= 4 is 39.3 Å². The molecule has 0 unspecified atom stereocenters. The molecule has 0 aliphatic heterocycles. The van der Waals surface area contributed by atoms with Crippen molar-refractivity contribution in [2.24, 2.45) is 0 Å². The third-order valence-electron chi connectivity index (χ3n) is 2.56. The highest BCUT2D eigenvalue weighted by Gasteiger charge is 2.10. The van der Waals surface area contributed by atoms with Gasteiger partial charge in [-0.05, 0) is 48.0 Å². The molecule has 1 N–H and O–H groups in total. The molecule has 2 aromatic rings. The highest BCUT2D eigenvalue weighted by Crippen LogP contribution is 2.23. The van der Waals surface area contributed by atoms with Gasteiger partial charge in [0, 0.05) is 28.3 Å². The maximum atomic E-state index is 12.0. The van der Waals surface area contributed by atoms with Crippen LogP contribution in [0.2, 0.25) is 5.02 Å². The SMILES string of the molecule is CC(C)n1ccc(NC(=O)c2ccc(Cl)c(Br)c2)n1. The lowest BCUT2D eigenvalue weighted by atomic mass is 10.2. The van der Waals surface area contributed by atoms with E-state index in [-0.39, 0.29) is 11.9 Å². The molecule has 19 heavy (non-hydrogen) atoms. The van der Waals surface area contributed by atoms with Crippen LogP contribution in [0, 0.1) is 0 Å². The van der Waals surface area contributed by atoms with Crippen LogP contribution >= 0.6 is 27.5 Å². The number of benzene rings is 1. The molecule has 1 aromatic carbocycles. The van der Waals surface area contributed by atoms with E-state index in [0.29, 0.717) is 20.9 Å². The topological polar surface area (TPSA) is 46.9 Å². The Hall–Kier alpha value is -1.33. The van der Waals surface area contributed by atoms with Gasteiger partial charge < -0.3 is 5.32 Å². The molecule has 1 aromatic heterocycles. The van der Waals surface area contributed by atoms with Crippen molar-refractivity contribution in [2.75, 3.05) is 5.32 Å². The molecule has 100 valence electrons. The smallest absolute Gasteiger partial charge is 0.256 e. The highest BCUT2D eigenvalue weighted by atomic mass is 79.9. The summed E-state index contributed by atoms with van der Waals surface area (Å²) in [5, 5.41) is 7.58. The highest BCUT2D eigenvalue weighted by molar-refractivity contribution is 9.10. The molecule has 6 heteroatoms. The van der Waals surface area contributed by atoms with Crippen molar-refractivity contribution in [1.29, 1.82) is 0 Å². The molecule has 0 atom stereocenters. The molecule has 0 spiro atoms. The summed E-state index contributed by atoms with van der Waals surface area (Å²) in [6, 6.07) is 7.05. The Kier molecular flexibility index (Phi) is 4.27. The second kappa shape index (κ2) is 5.75. The standard InChI is InChI=1S/C13H13BrClN3O/c1-8(2)18-6-5-12(17-18)16-13(19)9-3-4-11(15)10(14)7-9/h3-8H,1-2H3,(H,16,17,19). The summed E-state index contributed by atoms with van der Waals surface area (Å²) < 4.78 is 2.47. The predicted octanol–water partition coefficient (Wildman–Crippen LogP) is 4.13. The van der Waals surface area contributed by atoms with Gasteiger partial charge in [-0.1, -0.05) is 11.6 Å². The van der Waals surface area contributed by atoms with Gasteiger partial charge in [-0.25, -0.2) is 0 Å². The molecule has 4 nitrogen and oxygen atoms in total. The van der Waals surface area contributed by atoms with Gasteiger partial charge in [0.25, 0.3) is 5.91 Å². The van der Waals surface area contributed by atoms with E-state index in [9.17, 15) is 4.79 Å². The first-order valence-corrected chi connectivity index (χ1v) is 6.96. The van der Waals surface area contributed by atoms with Crippen molar-refractivity contribution in [2.45, 2.75) is 19.9 Å². The van der Waals surface area contributed by atoms with Crippen molar-refractivity contribution in [3.8, 4) is 0 Å². The molecule has 0 saturated heterocycles. The number of halogens is 2. The number of nitrogens with one attached hydrogen (secondary N) is 1. The number of hydrogen-bond acceptors (Lipinski definition) is 2. The molecule has 0 radical (unpaired) electrons. The van der Waals surface area contributed by atoms with Gasteiger partial charge in [0.05, 0.1) is 5.02 Å². The summed E-state index contributed by atoms with van der Waals surface area (Å²) in [6.45, 7) is 4.05. The van der Waals surface area contributed by atoms with Crippen LogP contribution in [0.4, 0.5) is 5.82 Å². The van der Waals surface area contributed by atoms with Gasteiger partial charge in [-0.2, -0.15) is 5.10 Å². The fraction of sp³-hybridized carbons (Fsp3) is 0.231. The number of anilines is 1. The van der Waals surface area contributed by atoms with E-state index in [4.69, 9.17) is 11.6 Å². The van der Waals surface area contributed by atoms with E-state index in [1.165, 1.54) is 0 Å². The molecule has 1 amide bonds. The van der Waals surface area contributed by atoms with Crippen molar-refractivity contribution in [1.82, 2.24) is 9.78 Å². The zero-order chi connectivity index (χ0) is 14.0. The summed E-state index contributed by atoms with van der Waals surface area (Å²) in [5.74, 6) is 0.316. The largest absolute Gasteiger partial charge is 0.305 e. The third-order valence-corrected chi connectivity index (χ3v) is 3.77. The predicted molar refractivity (Wildman–Crippen MR) is 79.7 cm³/mol. The Balaban J connectivity index is 2.13. The quantitative estimate of drug-likeness (QED) is 0.911. The summed E-state index contributed by atoms with van der Waals surface area (Å²) in [6.07, 6.45) is 1.83. The van der Waals surface area contributed by atoms with Gasteiger partial charge >= 0.3 is 0 Å². The number of aromatic nitrogens is 2. The minimum atomic E-state index is -0.216. The Morgan fingerprint density at radius 3 is 2.74 bits per heavy atom. The Morgan fingerprint density at radius 2 is 2.16 bits per heavy atom. The first kappa shape index (κ1) is 14.1. The second-order valence-electron chi connectivity index (χ2n) is 4.36. The minimum Gasteiger partial charge on any atom is -0.305 e. The zero-order valence-corrected chi connectivity index (χ0v) is 12.9. The number of carbonyl (C=O) groups is 1. The van der Waals surface area contributed by atoms with Crippen LogP contribution in [0.1, 0.15) is 30.2 Å². The van der Waals surface area contributed by atoms with Crippen LogP contribution in [-0.4, -0.2) is 15.7 Å². The fourth-order valence-corrected chi connectivity index (χ4v) is 2.01. The van der Waals surface area contributed by atoms with Crippen LogP contribution in [0.25, 0.3) is 0 Å². The summed E-state index contributed by atoms with van der Waals surface area (Å²) in [5.41, 5.74) is 0.523. The first-order chi connectivity index (χ1) is 8.97. The van der Waals surface area contributed by atoms with E-state index in [1.807, 2.05) is 20.0 Å². The van der Waals surface area contributed by atoms with Crippen LogP contribution < -0.4 is 5.32 Å². The van der Waals surface area contributed by atoms with E-state index in [0.717, 1.165) is 0 Å². The van der Waals surface area contributed by atoms with Crippen LogP contribution in [-0.2, 0) is 0 Å². The maximum absolute atomic E-state index is 12.0. The number of carbonyl (C=O) groups excluding carboxylic acids is 1. The lowest BCUT2D eigenvalue weighted by Gasteiger charge is -2.05. The summed E-state index contributed by atoms with van der Waals surface area (Å²) in [4.78, 5) is 12.0. The van der Waals surface area contributed by atoms with E-state index < -0.39 is 0 Å². The average Bonchev–Trinajstić information content (AvgIpc) is 2.81. The third kappa shape index (κ3) is 3.36. The van der Waals surface area contributed by atoms with E-state index in [2.05, 4.69) is 26.3 Å². The number of hydrogen-bond donors (Lipinski definition) is 1. The van der Waals surface area contributed by atoms with E-state index >= 15 is 0 Å². The number of rotatable bonds is 3. The summed E-state index contributed by atoms with van der Waals surface area (Å²) >= 11 is 9.18. The van der Waals surface area contributed by atoms with Crippen LogP contribution in [0.5, 0.6) is 0 Å². The summed E-state index contributed by atoms with van der Waals surface area (Å²) in [7, 11) is 0. The van der Waals surface area contributed by atoms with Crippen LogP contribution in [0.3, 0.4) is 0 Å². The lowest BCUT2D eigenvalue weighted by molar-refractivity contribution is 0.102. The molecule has 0 saturated carbocycles. The lowest BCUT2D eigenvalue weighted by Crippen LogP contribution is -2.13. The van der Waals surface area contributed by atoms with Crippen molar-refractivity contribution in [3.05, 3.63) is 45.5 Å². The molecular weight excluding hydrogens is 330 g/mol. The van der Waals surface area contributed by atoms with Crippen LogP contribution in [0.15, 0.2) is 34.9 Å². The van der Waals surface area contributed by atoms with E-state index in [1.54, 1.807) is 28.9 Å². The zero-order valence-electron chi connectivity index (χ0n) is 10.5. The molecule has 0 aliphatic carbocycles.